The van der Waals surface area contributed by atoms with Crippen LogP contribution in [-0.2, 0) is 36.9 Å². The first-order valence-electron chi connectivity index (χ1n) is 13.5. The largest absolute Gasteiger partial charge is 0.394 e. The van der Waals surface area contributed by atoms with Crippen molar-refractivity contribution in [2.24, 2.45) is 0 Å². The van der Waals surface area contributed by atoms with Crippen molar-refractivity contribution < 1.29 is 42.0 Å². The third kappa shape index (κ3) is 6.19. The fraction of sp³-hybridized carbons (Fsp3) is 0.545. The van der Waals surface area contributed by atoms with Gasteiger partial charge in [-0.25, -0.2) is 24.5 Å². The number of rotatable bonds is 11. The molecule has 250 valence electrons. The van der Waals surface area contributed by atoms with E-state index >= 15 is 0 Å². The van der Waals surface area contributed by atoms with Gasteiger partial charge in [0, 0.05) is 13.5 Å². The number of aliphatic hydroxyl groups is 1. The van der Waals surface area contributed by atoms with Crippen LogP contribution in [0.1, 0.15) is 25.8 Å². The number of hydrogen-bond acceptors (Lipinski definition) is 17. The van der Waals surface area contributed by atoms with Crippen molar-refractivity contribution in [3.8, 4) is 0 Å². The van der Waals surface area contributed by atoms with E-state index in [4.69, 9.17) is 39.2 Å². The SMILES string of the molecule is CO[C@H]1[C@@H](n2cnc3c(N)ncnc32)O[C@](C)(COP(=O)(S)O[C@@H]2C[C@@H](CO)O[C@H]2n2cnc3c(=O)[nH]c(N)nc32)[C@H]1O[PH](=O)S. The zero-order valence-electron chi connectivity index (χ0n) is 24.1. The smallest absolute Gasteiger partial charge is 0.386 e. The van der Waals surface area contributed by atoms with E-state index in [9.17, 15) is 19.0 Å². The van der Waals surface area contributed by atoms with Gasteiger partial charge in [0.2, 0.25) is 13.2 Å². The number of ether oxygens (including phenoxy) is 3. The lowest BCUT2D eigenvalue weighted by Crippen LogP contribution is -2.45. The molecule has 0 radical (unpaired) electrons. The molecule has 20 nitrogen and oxygen atoms in total. The summed E-state index contributed by atoms with van der Waals surface area (Å²) < 4.78 is 64.1. The van der Waals surface area contributed by atoms with Gasteiger partial charge in [0.25, 0.3) is 5.56 Å². The molecule has 6 rings (SSSR count). The first kappa shape index (κ1) is 33.3. The van der Waals surface area contributed by atoms with Crippen LogP contribution in [0, 0.1) is 0 Å². The topological polar surface area (TPSA) is 269 Å². The number of aromatic nitrogens is 8. The van der Waals surface area contributed by atoms with Crippen molar-refractivity contribution in [1.29, 1.82) is 0 Å². The minimum Gasteiger partial charge on any atom is -0.394 e. The Morgan fingerprint density at radius 3 is 2.61 bits per heavy atom. The number of hydrogen-bond donors (Lipinski definition) is 6. The van der Waals surface area contributed by atoms with Crippen LogP contribution in [0.4, 0.5) is 11.8 Å². The maximum Gasteiger partial charge on any atom is 0.386 e. The van der Waals surface area contributed by atoms with E-state index in [2.05, 4.69) is 54.4 Å². The van der Waals surface area contributed by atoms with Gasteiger partial charge in [-0.3, -0.25) is 32.5 Å². The van der Waals surface area contributed by atoms with Crippen LogP contribution in [0.3, 0.4) is 0 Å². The maximum atomic E-state index is 13.7. The standard InChI is InChI=1S/C22H30N10O10P2S2/c1-22(14(41-43(35)45)13(37-2)20(40-22)31-7-27-11-15(23)25-6-26-16(11)31)5-38-44(36,46)42-10-3-9(4-33)39-19(10)32-8-28-12-17(32)29-21(24)30-18(12)34/h6-10,13-14,19-20,33,43H,3-5H2,1-2H3,(H,35,45)(H,36,46)(H2,23,25,26)(H3,24,29,30,34)/t9-,10+,13+,14-,19+,20-,22+,44?/m0/s1. The van der Waals surface area contributed by atoms with Gasteiger partial charge in [-0.2, -0.15) is 4.98 Å². The molecule has 0 amide bonds. The van der Waals surface area contributed by atoms with E-state index in [-0.39, 0.29) is 36.0 Å². The minimum absolute atomic E-state index is 0.0165. The molecule has 2 aliphatic rings. The number of imidazole rings is 2. The van der Waals surface area contributed by atoms with Crippen LogP contribution in [0.25, 0.3) is 22.3 Å². The molecule has 2 unspecified atom stereocenters. The fourth-order valence-corrected chi connectivity index (χ4v) is 8.04. The second kappa shape index (κ2) is 12.8. The molecular formula is C22H30N10O10P2S2. The molecule has 0 spiro atoms. The first-order valence-corrected chi connectivity index (χ1v) is 18.8. The summed E-state index contributed by atoms with van der Waals surface area (Å²) in [6.45, 7) is -3.50. The normalized spacial score (nSPS) is 30.3. The van der Waals surface area contributed by atoms with E-state index in [1.807, 2.05) is 0 Å². The van der Waals surface area contributed by atoms with Crippen molar-refractivity contribution in [3.05, 3.63) is 29.3 Å². The van der Waals surface area contributed by atoms with Crippen LogP contribution in [0.5, 0.6) is 0 Å². The molecule has 0 bridgehead atoms. The second-order valence-electron chi connectivity index (χ2n) is 10.6. The second-order valence-corrected chi connectivity index (χ2v) is 15.4. The lowest BCUT2D eigenvalue weighted by atomic mass is 9.98. The van der Waals surface area contributed by atoms with Gasteiger partial charge in [-0.15, -0.1) is 0 Å². The van der Waals surface area contributed by atoms with Gasteiger partial charge in [0.1, 0.15) is 35.8 Å². The van der Waals surface area contributed by atoms with Crippen LogP contribution in [0.15, 0.2) is 23.8 Å². The number of thiol groups is 2. The lowest BCUT2D eigenvalue weighted by Gasteiger charge is -2.31. The van der Waals surface area contributed by atoms with Gasteiger partial charge in [0.15, 0.2) is 35.1 Å². The molecule has 0 aliphatic carbocycles. The average Bonchev–Trinajstić information content (AvgIpc) is 3.76. The molecule has 0 saturated carbocycles. The number of nitrogens with zero attached hydrogens (tertiary/aromatic N) is 7. The third-order valence-corrected chi connectivity index (χ3v) is 9.98. The highest BCUT2D eigenvalue weighted by atomic mass is 32.7. The number of fused-ring (bicyclic) bond motifs is 2. The molecule has 2 aliphatic heterocycles. The van der Waals surface area contributed by atoms with E-state index in [1.165, 1.54) is 30.7 Å². The van der Waals surface area contributed by atoms with Gasteiger partial charge in [0.05, 0.1) is 32.0 Å². The Morgan fingerprint density at radius 2 is 1.91 bits per heavy atom. The molecule has 9 atom stereocenters. The molecular weight excluding hydrogens is 690 g/mol. The highest BCUT2D eigenvalue weighted by molar-refractivity contribution is 8.44. The van der Waals surface area contributed by atoms with E-state index in [0.717, 1.165) is 0 Å². The summed E-state index contributed by atoms with van der Waals surface area (Å²) in [5.74, 6) is -0.00943. The van der Waals surface area contributed by atoms with Crippen molar-refractivity contribution in [2.75, 3.05) is 31.8 Å². The predicted octanol–water partition coefficient (Wildman–Crippen LogP) is 0.851. The van der Waals surface area contributed by atoms with Crippen molar-refractivity contribution in [3.63, 3.8) is 0 Å². The Balaban J connectivity index is 1.25. The molecule has 0 aromatic carbocycles. The first-order chi connectivity index (χ1) is 21.8. The molecule has 4 aromatic rings. The van der Waals surface area contributed by atoms with E-state index in [0.29, 0.717) is 11.2 Å². The number of methoxy groups -OCH3 is 1. The summed E-state index contributed by atoms with van der Waals surface area (Å²) in [5, 5.41) is 9.81. The van der Waals surface area contributed by atoms with Crippen molar-refractivity contribution >= 4 is 72.6 Å². The zero-order chi connectivity index (χ0) is 33.0. The third-order valence-electron chi connectivity index (χ3n) is 7.59. The molecule has 6 heterocycles. The van der Waals surface area contributed by atoms with Crippen molar-refractivity contribution in [2.45, 2.75) is 55.8 Å². The summed E-state index contributed by atoms with van der Waals surface area (Å²) in [6, 6.07) is 0. The summed E-state index contributed by atoms with van der Waals surface area (Å²) >= 11 is 8.15. The van der Waals surface area contributed by atoms with Crippen LogP contribution in [-0.4, -0.2) is 94.5 Å². The molecule has 2 saturated heterocycles. The quantitative estimate of drug-likeness (QED) is 0.0926. The highest BCUT2D eigenvalue weighted by Crippen LogP contribution is 2.58. The van der Waals surface area contributed by atoms with E-state index < -0.39 is 68.7 Å². The van der Waals surface area contributed by atoms with E-state index in [1.54, 1.807) is 11.5 Å². The zero-order valence-corrected chi connectivity index (χ0v) is 27.7. The summed E-state index contributed by atoms with van der Waals surface area (Å²) in [6.07, 6.45) is -1.65. The Labute approximate surface area is 270 Å². The van der Waals surface area contributed by atoms with Crippen LogP contribution >= 0.6 is 38.5 Å². The molecule has 46 heavy (non-hydrogen) atoms. The minimum atomic E-state index is -4.24. The Bertz CT molecular complexity index is 1890. The Hall–Kier alpha value is -2.62. The van der Waals surface area contributed by atoms with Gasteiger partial charge >= 0.3 is 6.80 Å². The number of nitrogens with two attached hydrogens (primary N) is 2. The average molecular weight is 721 g/mol. The molecule has 2 fully saturated rings. The lowest BCUT2D eigenvalue weighted by molar-refractivity contribution is -0.109. The van der Waals surface area contributed by atoms with Crippen LogP contribution < -0.4 is 17.0 Å². The molecule has 6 N–H and O–H groups in total. The number of aliphatic hydroxyl groups excluding tert-OH is 1. The summed E-state index contributed by atoms with van der Waals surface area (Å²) in [5.41, 5.74) is 10.4. The molecule has 4 aromatic heterocycles. The monoisotopic (exact) mass is 720 g/mol. The number of nitrogens with one attached hydrogen (secondary N) is 1. The van der Waals surface area contributed by atoms with Gasteiger partial charge in [-0.05, 0) is 6.92 Å². The number of anilines is 2. The maximum absolute atomic E-state index is 13.7. The van der Waals surface area contributed by atoms with Crippen LogP contribution in [0.2, 0.25) is 0 Å². The predicted molar refractivity (Wildman–Crippen MR) is 168 cm³/mol. The number of aromatic amines is 1. The Morgan fingerprint density at radius 1 is 1.20 bits per heavy atom. The Kier molecular flexibility index (Phi) is 9.24. The van der Waals surface area contributed by atoms with Gasteiger partial charge < -0.3 is 35.3 Å². The van der Waals surface area contributed by atoms with Gasteiger partial charge in [-0.1, -0.05) is 24.5 Å². The fourth-order valence-electron chi connectivity index (χ4n) is 5.55. The summed E-state index contributed by atoms with van der Waals surface area (Å²) in [7, 11) is -1.45. The number of nitrogen functional groups attached to an aromatic ring is 2. The summed E-state index contributed by atoms with van der Waals surface area (Å²) in [4.78, 5) is 35.3. The number of H-pyrrole nitrogens is 1. The highest BCUT2D eigenvalue weighted by Gasteiger charge is 2.56. The molecule has 24 heteroatoms. The van der Waals surface area contributed by atoms with Crippen molar-refractivity contribution in [1.82, 2.24) is 39.0 Å².